The van der Waals surface area contributed by atoms with Gasteiger partial charge in [-0.25, -0.2) is 3.11 Å². The monoisotopic (exact) mass is 310 g/mol. The van der Waals surface area contributed by atoms with E-state index in [1.165, 1.54) is 26.2 Å². The molecule has 0 aliphatic carbocycles. The molecule has 0 radical (unpaired) electrons. The summed E-state index contributed by atoms with van der Waals surface area (Å²) >= 11 is 2.46. The van der Waals surface area contributed by atoms with Crippen molar-refractivity contribution in [3.8, 4) is 0 Å². The van der Waals surface area contributed by atoms with Gasteiger partial charge in [0, 0.05) is 55.1 Å². The quantitative estimate of drug-likeness (QED) is 0.584. The van der Waals surface area contributed by atoms with Crippen molar-refractivity contribution in [2.45, 2.75) is 33.7 Å². The molecule has 1 saturated heterocycles. The lowest BCUT2D eigenvalue weighted by molar-refractivity contribution is 0.0866. The third kappa shape index (κ3) is 3.66. The first-order valence-electron chi connectivity index (χ1n) is 5.65. The molecule has 0 spiro atoms. The Morgan fingerprint density at radius 1 is 1.21 bits per heavy atom. The van der Waals surface area contributed by atoms with E-state index in [0.717, 1.165) is 17.9 Å². The van der Waals surface area contributed by atoms with Crippen LogP contribution in [-0.4, -0.2) is 40.2 Å². The minimum Gasteiger partial charge on any atom is -0.297 e. The van der Waals surface area contributed by atoms with E-state index in [1.807, 2.05) is 0 Å². The van der Waals surface area contributed by atoms with Crippen molar-refractivity contribution >= 4 is 22.9 Å². The minimum atomic E-state index is 0.753. The molecular formula is C11H23IN2. The van der Waals surface area contributed by atoms with E-state index in [4.69, 9.17) is 0 Å². The number of hydrogen-bond acceptors (Lipinski definition) is 2. The molecule has 0 bridgehead atoms. The van der Waals surface area contributed by atoms with E-state index >= 15 is 0 Å². The van der Waals surface area contributed by atoms with Crippen LogP contribution in [0.2, 0.25) is 0 Å². The van der Waals surface area contributed by atoms with Gasteiger partial charge in [0.05, 0.1) is 0 Å². The van der Waals surface area contributed by atoms with Gasteiger partial charge in [0.1, 0.15) is 0 Å². The fraction of sp³-hybridized carbons (Fsp3) is 1.00. The fourth-order valence-corrected chi connectivity index (χ4v) is 2.76. The van der Waals surface area contributed by atoms with Gasteiger partial charge in [0.25, 0.3) is 0 Å². The Hall–Kier alpha value is 0.650. The van der Waals surface area contributed by atoms with E-state index in [1.54, 1.807) is 0 Å². The first-order valence-corrected chi connectivity index (χ1v) is 6.62. The number of nitrogens with zero attached hydrogens (tertiary/aromatic N) is 2. The third-order valence-corrected chi connectivity index (χ3v) is 3.73. The summed E-state index contributed by atoms with van der Waals surface area (Å²) in [6.45, 7) is 14.3. The third-order valence-electron chi connectivity index (χ3n) is 2.85. The molecule has 1 aliphatic rings. The van der Waals surface area contributed by atoms with Gasteiger partial charge in [0.2, 0.25) is 0 Å². The van der Waals surface area contributed by atoms with Crippen LogP contribution >= 0.6 is 22.9 Å². The molecule has 1 atom stereocenters. The minimum absolute atomic E-state index is 0.753. The second kappa shape index (κ2) is 5.66. The van der Waals surface area contributed by atoms with E-state index in [-0.39, 0.29) is 0 Å². The van der Waals surface area contributed by atoms with Crippen LogP contribution < -0.4 is 0 Å². The Balaban J connectivity index is 2.53. The van der Waals surface area contributed by atoms with Crippen molar-refractivity contribution in [1.29, 1.82) is 0 Å². The van der Waals surface area contributed by atoms with Crippen molar-refractivity contribution in [2.24, 2.45) is 11.8 Å². The number of piperazine rings is 1. The van der Waals surface area contributed by atoms with Crippen molar-refractivity contribution in [2.75, 3.05) is 26.2 Å². The number of halogens is 1. The van der Waals surface area contributed by atoms with Gasteiger partial charge in [-0.1, -0.05) is 27.7 Å². The van der Waals surface area contributed by atoms with Gasteiger partial charge < -0.3 is 0 Å². The molecule has 1 unspecified atom stereocenters. The van der Waals surface area contributed by atoms with Crippen LogP contribution in [0.1, 0.15) is 27.7 Å². The normalized spacial score (nSPS) is 26.4. The van der Waals surface area contributed by atoms with Gasteiger partial charge in [-0.15, -0.1) is 0 Å². The lowest BCUT2D eigenvalue weighted by Gasteiger charge is -2.42. The highest BCUT2D eigenvalue weighted by atomic mass is 127. The molecule has 3 heteroatoms. The van der Waals surface area contributed by atoms with Gasteiger partial charge in [0.15, 0.2) is 0 Å². The molecule has 2 nitrogen and oxygen atoms in total. The Bertz CT molecular complexity index is 171. The van der Waals surface area contributed by atoms with Crippen LogP contribution in [0.5, 0.6) is 0 Å². The predicted octanol–water partition coefficient (Wildman–Crippen LogP) is 2.63. The van der Waals surface area contributed by atoms with Gasteiger partial charge in [-0.2, -0.15) is 0 Å². The summed E-state index contributed by atoms with van der Waals surface area (Å²) in [5.41, 5.74) is 0. The summed E-state index contributed by atoms with van der Waals surface area (Å²) in [5, 5.41) is 0. The van der Waals surface area contributed by atoms with Crippen LogP contribution in [0.3, 0.4) is 0 Å². The van der Waals surface area contributed by atoms with Gasteiger partial charge >= 0.3 is 0 Å². The fourth-order valence-electron chi connectivity index (χ4n) is 2.14. The highest BCUT2D eigenvalue weighted by Gasteiger charge is 2.28. The summed E-state index contributed by atoms with van der Waals surface area (Å²) < 4.78 is 2.43. The predicted molar refractivity (Wildman–Crippen MR) is 70.6 cm³/mol. The Kier molecular flexibility index (Phi) is 5.14. The number of rotatable bonds is 3. The first kappa shape index (κ1) is 12.7. The summed E-state index contributed by atoms with van der Waals surface area (Å²) in [7, 11) is 0. The van der Waals surface area contributed by atoms with E-state index in [2.05, 4.69) is 58.6 Å². The summed E-state index contributed by atoms with van der Waals surface area (Å²) in [5.74, 6) is 1.56. The Morgan fingerprint density at radius 2 is 1.86 bits per heavy atom. The standard InChI is InChI=1S/C11H23IN2/c1-9(2)7-13-5-6-14(12)8-11(13)10(3)4/h9-11H,5-8H2,1-4H3. The van der Waals surface area contributed by atoms with Gasteiger partial charge in [-0.3, -0.25) is 4.90 Å². The van der Waals surface area contributed by atoms with E-state index in [0.29, 0.717) is 0 Å². The van der Waals surface area contributed by atoms with Crippen molar-refractivity contribution < 1.29 is 0 Å². The maximum absolute atomic E-state index is 2.67. The molecule has 1 fully saturated rings. The van der Waals surface area contributed by atoms with Crippen molar-refractivity contribution in [3.05, 3.63) is 0 Å². The number of hydrogen-bond donors (Lipinski definition) is 0. The topological polar surface area (TPSA) is 6.48 Å². The van der Waals surface area contributed by atoms with Crippen LogP contribution in [0.15, 0.2) is 0 Å². The highest BCUT2D eigenvalue weighted by Crippen LogP contribution is 2.20. The van der Waals surface area contributed by atoms with Crippen LogP contribution in [0.25, 0.3) is 0 Å². The molecule has 0 aromatic carbocycles. The molecule has 1 rings (SSSR count). The van der Waals surface area contributed by atoms with E-state index < -0.39 is 0 Å². The zero-order valence-corrected chi connectivity index (χ0v) is 12.0. The zero-order valence-electron chi connectivity index (χ0n) is 9.83. The highest BCUT2D eigenvalue weighted by molar-refractivity contribution is 14.1. The molecule has 1 aliphatic heterocycles. The Labute approximate surface area is 103 Å². The van der Waals surface area contributed by atoms with E-state index in [9.17, 15) is 0 Å². The maximum Gasteiger partial charge on any atom is 0.0254 e. The largest absolute Gasteiger partial charge is 0.297 e. The smallest absolute Gasteiger partial charge is 0.0254 e. The van der Waals surface area contributed by atoms with Crippen molar-refractivity contribution in [3.63, 3.8) is 0 Å². The second-order valence-electron chi connectivity index (χ2n) is 5.07. The van der Waals surface area contributed by atoms with Crippen molar-refractivity contribution in [1.82, 2.24) is 8.01 Å². The molecule has 0 amide bonds. The molecule has 1 heterocycles. The molecule has 0 N–H and O–H groups in total. The molecular weight excluding hydrogens is 287 g/mol. The molecule has 84 valence electrons. The Morgan fingerprint density at radius 3 is 2.36 bits per heavy atom. The van der Waals surface area contributed by atoms with Crippen LogP contribution in [0.4, 0.5) is 0 Å². The van der Waals surface area contributed by atoms with Crippen LogP contribution in [0, 0.1) is 11.8 Å². The SMILES string of the molecule is CC(C)CN1CCN(I)CC1C(C)C. The lowest BCUT2D eigenvalue weighted by atomic mass is 9.99. The lowest BCUT2D eigenvalue weighted by Crippen LogP contribution is -2.53. The first-order chi connectivity index (χ1) is 6.50. The zero-order chi connectivity index (χ0) is 10.7. The summed E-state index contributed by atoms with van der Waals surface area (Å²) in [6, 6.07) is 0.753. The second-order valence-corrected chi connectivity index (χ2v) is 6.43. The average Bonchev–Trinajstić information content (AvgIpc) is 2.07. The maximum atomic E-state index is 2.67. The molecule has 0 saturated carbocycles. The van der Waals surface area contributed by atoms with Crippen LogP contribution in [-0.2, 0) is 0 Å². The molecule has 14 heavy (non-hydrogen) atoms. The van der Waals surface area contributed by atoms with Gasteiger partial charge in [-0.05, 0) is 11.8 Å². The molecule has 0 aromatic rings. The summed E-state index contributed by atoms with van der Waals surface area (Å²) in [6.07, 6.45) is 0. The summed E-state index contributed by atoms with van der Waals surface area (Å²) in [4.78, 5) is 2.67. The molecule has 0 aromatic heterocycles. The average molecular weight is 310 g/mol.